The van der Waals surface area contributed by atoms with E-state index in [0.717, 1.165) is 5.56 Å². The number of urea groups is 1. The molecule has 0 saturated carbocycles. The first kappa shape index (κ1) is 14.3. The summed E-state index contributed by atoms with van der Waals surface area (Å²) in [5.41, 5.74) is 1.09. The van der Waals surface area contributed by atoms with Crippen LogP contribution in [0.5, 0.6) is 0 Å². The van der Waals surface area contributed by atoms with Crippen molar-refractivity contribution in [3.05, 3.63) is 22.4 Å². The first-order valence-corrected chi connectivity index (χ1v) is 9.05. The van der Waals surface area contributed by atoms with E-state index in [4.69, 9.17) is 0 Å². The van der Waals surface area contributed by atoms with Crippen molar-refractivity contribution in [2.45, 2.75) is 19.4 Å². The highest BCUT2D eigenvalue weighted by Gasteiger charge is 2.23. The third-order valence-electron chi connectivity index (χ3n) is 3.26. The zero-order chi connectivity index (χ0) is 13.7. The fraction of sp³-hybridized carbons (Fsp3) is 0.583. The van der Waals surface area contributed by atoms with Gasteiger partial charge in [0.05, 0.1) is 11.5 Å². The number of nitrogens with one attached hydrogen (secondary N) is 2. The van der Waals surface area contributed by atoms with Gasteiger partial charge in [0.2, 0.25) is 0 Å². The molecular weight excluding hydrogens is 284 g/mol. The number of amides is 2. The lowest BCUT2D eigenvalue weighted by Crippen LogP contribution is -2.39. The quantitative estimate of drug-likeness (QED) is 0.882. The van der Waals surface area contributed by atoms with Crippen molar-refractivity contribution in [2.75, 3.05) is 18.1 Å². The molecule has 0 atom stereocenters. The number of sulfone groups is 1. The van der Waals surface area contributed by atoms with Gasteiger partial charge in [-0.05, 0) is 41.1 Å². The molecule has 2 N–H and O–H groups in total. The number of carbonyl (C=O) groups excluding carboxylic acids is 1. The van der Waals surface area contributed by atoms with Gasteiger partial charge in [-0.15, -0.1) is 0 Å². The van der Waals surface area contributed by atoms with Crippen LogP contribution in [0, 0.1) is 5.92 Å². The van der Waals surface area contributed by atoms with Crippen LogP contribution in [0.3, 0.4) is 0 Å². The fourth-order valence-corrected chi connectivity index (χ4v) is 4.28. The minimum absolute atomic E-state index is 0.195. The Labute approximate surface area is 117 Å². The van der Waals surface area contributed by atoms with E-state index in [1.807, 2.05) is 16.8 Å². The molecule has 0 aliphatic carbocycles. The molecule has 1 fully saturated rings. The van der Waals surface area contributed by atoms with Crippen LogP contribution < -0.4 is 10.6 Å². The first-order valence-electron chi connectivity index (χ1n) is 6.28. The molecule has 0 aromatic carbocycles. The smallest absolute Gasteiger partial charge is 0.315 e. The van der Waals surface area contributed by atoms with Crippen molar-refractivity contribution >= 4 is 27.2 Å². The van der Waals surface area contributed by atoms with Crippen LogP contribution in [-0.2, 0) is 16.4 Å². The predicted octanol–water partition coefficient (Wildman–Crippen LogP) is 1.37. The largest absolute Gasteiger partial charge is 0.338 e. The van der Waals surface area contributed by atoms with Crippen molar-refractivity contribution in [2.24, 2.45) is 5.92 Å². The average Bonchev–Trinajstić information content (AvgIpc) is 2.88. The summed E-state index contributed by atoms with van der Waals surface area (Å²) in [5.74, 6) is 0.765. The summed E-state index contributed by atoms with van der Waals surface area (Å²) in [6.07, 6.45) is 1.29. The number of carbonyl (C=O) groups is 1. The van der Waals surface area contributed by atoms with Gasteiger partial charge < -0.3 is 10.6 Å². The normalized spacial score (nSPS) is 18.9. The van der Waals surface area contributed by atoms with Gasteiger partial charge in [-0.1, -0.05) is 0 Å². The van der Waals surface area contributed by atoms with Crippen LogP contribution in [0.1, 0.15) is 18.4 Å². The minimum Gasteiger partial charge on any atom is -0.338 e. The van der Waals surface area contributed by atoms with E-state index < -0.39 is 9.84 Å². The van der Waals surface area contributed by atoms with Gasteiger partial charge in [0.25, 0.3) is 0 Å². The molecular formula is C12H18N2O3S2. The Bertz CT molecular complexity index is 497. The maximum absolute atomic E-state index is 11.6. The fourth-order valence-electron chi connectivity index (χ4n) is 2.02. The van der Waals surface area contributed by atoms with Crippen LogP contribution in [0.25, 0.3) is 0 Å². The van der Waals surface area contributed by atoms with Gasteiger partial charge in [0.1, 0.15) is 9.84 Å². The van der Waals surface area contributed by atoms with E-state index in [9.17, 15) is 13.2 Å². The monoisotopic (exact) mass is 302 g/mol. The lowest BCUT2D eigenvalue weighted by Gasteiger charge is -2.22. The molecule has 2 amide bonds. The van der Waals surface area contributed by atoms with Crippen LogP contribution >= 0.6 is 11.3 Å². The molecule has 106 valence electrons. The highest BCUT2D eigenvalue weighted by Crippen LogP contribution is 2.17. The van der Waals surface area contributed by atoms with Gasteiger partial charge >= 0.3 is 6.03 Å². The molecule has 1 aromatic heterocycles. The number of hydrogen-bond donors (Lipinski definition) is 2. The molecule has 2 heterocycles. The third-order valence-corrected chi connectivity index (χ3v) is 5.71. The SMILES string of the molecule is O=C(NCc1ccsc1)NCC1CCS(=O)(=O)CC1. The van der Waals surface area contributed by atoms with E-state index in [2.05, 4.69) is 10.6 Å². The van der Waals surface area contributed by atoms with Gasteiger partial charge in [0.15, 0.2) is 0 Å². The van der Waals surface area contributed by atoms with Gasteiger partial charge in [0, 0.05) is 13.1 Å². The molecule has 0 radical (unpaired) electrons. The van der Waals surface area contributed by atoms with Crippen molar-refractivity contribution in [1.82, 2.24) is 10.6 Å². The number of rotatable bonds is 4. The highest BCUT2D eigenvalue weighted by atomic mass is 32.2. The summed E-state index contributed by atoms with van der Waals surface area (Å²) in [4.78, 5) is 11.6. The van der Waals surface area contributed by atoms with Crippen LogP contribution in [-0.4, -0.2) is 32.5 Å². The molecule has 2 rings (SSSR count). The molecule has 0 unspecified atom stereocenters. The second kappa shape index (κ2) is 6.38. The average molecular weight is 302 g/mol. The summed E-state index contributed by atoms with van der Waals surface area (Å²) >= 11 is 1.60. The molecule has 7 heteroatoms. The Morgan fingerprint density at radius 3 is 2.68 bits per heavy atom. The first-order chi connectivity index (χ1) is 9.05. The van der Waals surface area contributed by atoms with E-state index >= 15 is 0 Å². The maximum Gasteiger partial charge on any atom is 0.315 e. The third kappa shape index (κ3) is 4.83. The zero-order valence-corrected chi connectivity index (χ0v) is 12.2. The minimum atomic E-state index is -2.82. The number of hydrogen-bond acceptors (Lipinski definition) is 4. The van der Waals surface area contributed by atoms with Gasteiger partial charge in [-0.3, -0.25) is 0 Å². The summed E-state index contributed by atoms with van der Waals surface area (Å²) in [5, 5.41) is 9.54. The summed E-state index contributed by atoms with van der Waals surface area (Å²) in [6, 6.07) is 1.77. The van der Waals surface area contributed by atoms with Crippen LogP contribution in [0.2, 0.25) is 0 Å². The Kier molecular flexibility index (Phi) is 4.81. The molecule has 1 saturated heterocycles. The summed E-state index contributed by atoms with van der Waals surface area (Å²) < 4.78 is 22.5. The number of thiophene rings is 1. The van der Waals surface area contributed by atoms with Crippen molar-refractivity contribution in [1.29, 1.82) is 0 Å². The second-order valence-electron chi connectivity index (χ2n) is 4.79. The topological polar surface area (TPSA) is 75.3 Å². The molecule has 0 bridgehead atoms. The molecule has 1 aliphatic heterocycles. The van der Waals surface area contributed by atoms with E-state index in [1.54, 1.807) is 11.3 Å². The lowest BCUT2D eigenvalue weighted by atomic mass is 10.0. The van der Waals surface area contributed by atoms with Gasteiger partial charge in [-0.25, -0.2) is 13.2 Å². The van der Waals surface area contributed by atoms with Crippen molar-refractivity contribution in [3.63, 3.8) is 0 Å². The van der Waals surface area contributed by atoms with Crippen LogP contribution in [0.4, 0.5) is 4.79 Å². The Hall–Kier alpha value is -1.08. The molecule has 19 heavy (non-hydrogen) atoms. The summed E-state index contributed by atoms with van der Waals surface area (Å²) in [7, 11) is -2.82. The van der Waals surface area contributed by atoms with Gasteiger partial charge in [-0.2, -0.15) is 11.3 Å². The van der Waals surface area contributed by atoms with E-state index in [1.165, 1.54) is 0 Å². The molecule has 1 aromatic rings. The maximum atomic E-state index is 11.6. The summed E-state index contributed by atoms with van der Waals surface area (Å²) in [6.45, 7) is 1.07. The Balaban J connectivity index is 1.64. The Morgan fingerprint density at radius 2 is 2.05 bits per heavy atom. The second-order valence-corrected chi connectivity index (χ2v) is 7.87. The molecule has 0 spiro atoms. The predicted molar refractivity (Wildman–Crippen MR) is 75.9 cm³/mol. The van der Waals surface area contributed by atoms with E-state index in [0.29, 0.717) is 25.9 Å². The lowest BCUT2D eigenvalue weighted by molar-refractivity contribution is 0.238. The van der Waals surface area contributed by atoms with Crippen molar-refractivity contribution < 1.29 is 13.2 Å². The van der Waals surface area contributed by atoms with Crippen LogP contribution in [0.15, 0.2) is 16.8 Å². The van der Waals surface area contributed by atoms with E-state index in [-0.39, 0.29) is 23.5 Å². The molecule has 5 nitrogen and oxygen atoms in total. The zero-order valence-electron chi connectivity index (χ0n) is 10.6. The van der Waals surface area contributed by atoms with Crippen molar-refractivity contribution in [3.8, 4) is 0 Å². The molecule has 1 aliphatic rings. The standard InChI is InChI=1S/C12H18N2O3S2/c15-12(14-8-11-1-4-18-9-11)13-7-10-2-5-19(16,17)6-3-10/h1,4,9-10H,2-3,5-8H2,(H2,13,14,15). The highest BCUT2D eigenvalue weighted by molar-refractivity contribution is 7.91. The Morgan fingerprint density at radius 1 is 1.32 bits per heavy atom.